The lowest BCUT2D eigenvalue weighted by molar-refractivity contribution is 0.862. The molecule has 1 aromatic rings. The highest BCUT2D eigenvalue weighted by atomic mass is 79.9. The van der Waals surface area contributed by atoms with Gasteiger partial charge in [-0.3, -0.25) is 9.78 Å². The molecule has 0 fully saturated rings. The summed E-state index contributed by atoms with van der Waals surface area (Å²) in [6.45, 7) is 2.02. The van der Waals surface area contributed by atoms with Gasteiger partial charge in [0.05, 0.1) is 5.69 Å². The van der Waals surface area contributed by atoms with Gasteiger partial charge in [0, 0.05) is 0 Å². The quantitative estimate of drug-likeness (QED) is 0.800. The minimum atomic E-state index is -0.217. The molecule has 0 atom stereocenters. The summed E-state index contributed by atoms with van der Waals surface area (Å²) in [5.74, 6) is 0.173. The van der Waals surface area contributed by atoms with Crippen LogP contribution < -0.4 is 11.3 Å². The predicted molar refractivity (Wildman–Crippen MR) is 51.0 cm³/mol. The van der Waals surface area contributed by atoms with Crippen molar-refractivity contribution in [3.8, 4) is 0 Å². The van der Waals surface area contributed by atoms with Crippen molar-refractivity contribution in [2.75, 3.05) is 5.73 Å². The minimum Gasteiger partial charge on any atom is -0.369 e. The molecule has 0 spiro atoms. The zero-order valence-electron chi connectivity index (χ0n) is 6.72. The zero-order chi connectivity index (χ0) is 9.14. The first kappa shape index (κ1) is 9.25. The van der Waals surface area contributed by atoms with Gasteiger partial charge in [-0.05, 0) is 22.4 Å². The van der Waals surface area contributed by atoms with Gasteiger partial charge in [-0.1, -0.05) is 13.3 Å². The van der Waals surface area contributed by atoms with Crippen LogP contribution in [0.1, 0.15) is 19.0 Å². The number of nitrogens with two attached hydrogens (primary N) is 1. The van der Waals surface area contributed by atoms with E-state index in [2.05, 4.69) is 25.9 Å². The fourth-order valence-electron chi connectivity index (χ4n) is 0.927. The summed E-state index contributed by atoms with van der Waals surface area (Å²) in [6, 6.07) is 0. The topological polar surface area (TPSA) is 71.8 Å². The first-order valence-electron chi connectivity index (χ1n) is 3.69. The van der Waals surface area contributed by atoms with Gasteiger partial charge in [0.15, 0.2) is 0 Å². The molecular weight excluding hydrogens is 222 g/mol. The Kier molecular flexibility index (Phi) is 2.86. The van der Waals surface area contributed by atoms with Crippen LogP contribution in [0.25, 0.3) is 0 Å². The number of hydrogen-bond donors (Lipinski definition) is 2. The van der Waals surface area contributed by atoms with Gasteiger partial charge in [-0.2, -0.15) is 0 Å². The third-order valence-electron chi connectivity index (χ3n) is 1.44. The Morgan fingerprint density at radius 1 is 1.67 bits per heavy atom. The molecule has 0 unspecified atom stereocenters. The molecule has 12 heavy (non-hydrogen) atoms. The van der Waals surface area contributed by atoms with Crippen molar-refractivity contribution in [1.82, 2.24) is 9.97 Å². The van der Waals surface area contributed by atoms with Crippen LogP contribution in [0.15, 0.2) is 9.27 Å². The molecule has 1 rings (SSSR count). The average molecular weight is 232 g/mol. The van der Waals surface area contributed by atoms with E-state index in [0.717, 1.165) is 18.5 Å². The van der Waals surface area contributed by atoms with Crippen LogP contribution >= 0.6 is 15.9 Å². The van der Waals surface area contributed by atoms with Crippen molar-refractivity contribution in [3.05, 3.63) is 20.5 Å². The number of aromatic amines is 1. The number of nitrogen functional groups attached to an aromatic ring is 1. The van der Waals surface area contributed by atoms with E-state index in [1.54, 1.807) is 0 Å². The molecule has 4 nitrogen and oxygen atoms in total. The van der Waals surface area contributed by atoms with Gasteiger partial charge < -0.3 is 5.73 Å². The van der Waals surface area contributed by atoms with E-state index >= 15 is 0 Å². The van der Waals surface area contributed by atoms with Crippen molar-refractivity contribution in [2.24, 2.45) is 0 Å². The number of aromatic nitrogens is 2. The molecule has 0 aromatic carbocycles. The second-order valence-corrected chi connectivity index (χ2v) is 3.25. The number of halogens is 1. The number of rotatable bonds is 2. The number of nitrogens with one attached hydrogen (secondary N) is 1. The second-order valence-electron chi connectivity index (χ2n) is 2.46. The minimum absolute atomic E-state index is 0.173. The highest BCUT2D eigenvalue weighted by molar-refractivity contribution is 9.10. The fourth-order valence-corrected chi connectivity index (χ4v) is 1.31. The Balaban J connectivity index is 3.18. The molecular formula is C7H10BrN3O. The van der Waals surface area contributed by atoms with E-state index in [1.165, 1.54) is 0 Å². The number of H-pyrrole nitrogens is 1. The third-order valence-corrected chi connectivity index (χ3v) is 2.25. The van der Waals surface area contributed by atoms with Gasteiger partial charge >= 0.3 is 0 Å². The Labute approximate surface area is 78.3 Å². The Morgan fingerprint density at radius 3 is 2.92 bits per heavy atom. The third kappa shape index (κ3) is 1.85. The van der Waals surface area contributed by atoms with Crippen LogP contribution in [0.5, 0.6) is 0 Å². The Bertz CT molecular complexity index is 334. The molecule has 0 aliphatic heterocycles. The summed E-state index contributed by atoms with van der Waals surface area (Å²) in [5.41, 5.74) is 5.88. The van der Waals surface area contributed by atoms with Crippen molar-refractivity contribution in [2.45, 2.75) is 19.8 Å². The SMILES string of the molecule is CCCc1nc(N)[nH]c(=O)c1Br. The van der Waals surface area contributed by atoms with Crippen LogP contribution in [-0.2, 0) is 6.42 Å². The largest absolute Gasteiger partial charge is 0.369 e. The molecule has 5 heteroatoms. The van der Waals surface area contributed by atoms with Crippen molar-refractivity contribution in [1.29, 1.82) is 0 Å². The van der Waals surface area contributed by atoms with Gasteiger partial charge in [0.2, 0.25) is 5.95 Å². The van der Waals surface area contributed by atoms with E-state index in [0.29, 0.717) is 4.47 Å². The molecule has 0 aliphatic carbocycles. The van der Waals surface area contributed by atoms with Crippen LogP contribution in [0.2, 0.25) is 0 Å². The predicted octanol–water partition coefficient (Wildman–Crippen LogP) is 1.07. The molecule has 0 saturated carbocycles. The second kappa shape index (κ2) is 3.71. The number of hydrogen-bond acceptors (Lipinski definition) is 3. The van der Waals surface area contributed by atoms with Gasteiger partial charge in [0.1, 0.15) is 4.47 Å². The van der Waals surface area contributed by atoms with Crippen molar-refractivity contribution >= 4 is 21.9 Å². The van der Waals surface area contributed by atoms with Gasteiger partial charge in [-0.15, -0.1) is 0 Å². The van der Waals surface area contributed by atoms with E-state index in [-0.39, 0.29) is 11.5 Å². The Hall–Kier alpha value is -0.840. The van der Waals surface area contributed by atoms with Crippen LogP contribution in [0, 0.1) is 0 Å². The maximum atomic E-state index is 11.1. The molecule has 0 radical (unpaired) electrons. The summed E-state index contributed by atoms with van der Waals surface area (Å²) < 4.78 is 0.485. The lowest BCUT2D eigenvalue weighted by Gasteiger charge is -2.01. The average Bonchev–Trinajstić information content (AvgIpc) is 2.00. The first-order chi connectivity index (χ1) is 5.65. The van der Waals surface area contributed by atoms with Gasteiger partial charge in [0.25, 0.3) is 5.56 Å². The Morgan fingerprint density at radius 2 is 2.33 bits per heavy atom. The van der Waals surface area contributed by atoms with Gasteiger partial charge in [-0.25, -0.2) is 4.98 Å². The fraction of sp³-hybridized carbons (Fsp3) is 0.429. The van der Waals surface area contributed by atoms with Crippen LogP contribution in [0.3, 0.4) is 0 Å². The summed E-state index contributed by atoms with van der Waals surface area (Å²) in [5, 5.41) is 0. The lowest BCUT2D eigenvalue weighted by atomic mass is 10.2. The number of aryl methyl sites for hydroxylation is 1. The van der Waals surface area contributed by atoms with E-state index in [1.807, 2.05) is 6.92 Å². The van der Waals surface area contributed by atoms with E-state index in [4.69, 9.17) is 5.73 Å². The highest BCUT2D eigenvalue weighted by Gasteiger charge is 2.05. The highest BCUT2D eigenvalue weighted by Crippen LogP contribution is 2.10. The van der Waals surface area contributed by atoms with Crippen molar-refractivity contribution < 1.29 is 0 Å². The maximum absolute atomic E-state index is 11.1. The standard InChI is InChI=1S/C7H10BrN3O/c1-2-3-4-5(8)6(12)11-7(9)10-4/h2-3H2,1H3,(H3,9,10,11,12). The summed E-state index contributed by atoms with van der Waals surface area (Å²) >= 11 is 3.15. The molecule has 66 valence electrons. The molecule has 0 amide bonds. The lowest BCUT2D eigenvalue weighted by Crippen LogP contribution is -2.14. The number of nitrogens with zero attached hydrogens (tertiary/aromatic N) is 1. The smallest absolute Gasteiger partial charge is 0.266 e. The molecule has 0 aliphatic rings. The van der Waals surface area contributed by atoms with Crippen LogP contribution in [-0.4, -0.2) is 9.97 Å². The maximum Gasteiger partial charge on any atom is 0.266 e. The zero-order valence-corrected chi connectivity index (χ0v) is 8.31. The number of anilines is 1. The first-order valence-corrected chi connectivity index (χ1v) is 4.48. The molecule has 1 heterocycles. The van der Waals surface area contributed by atoms with Crippen LogP contribution in [0.4, 0.5) is 5.95 Å². The molecule has 0 bridgehead atoms. The molecule has 0 saturated heterocycles. The molecule has 3 N–H and O–H groups in total. The summed E-state index contributed by atoms with van der Waals surface area (Å²) in [4.78, 5) is 17.5. The summed E-state index contributed by atoms with van der Waals surface area (Å²) in [6.07, 6.45) is 1.70. The van der Waals surface area contributed by atoms with E-state index < -0.39 is 0 Å². The monoisotopic (exact) mass is 231 g/mol. The normalized spacial score (nSPS) is 10.2. The molecule has 1 aromatic heterocycles. The summed E-state index contributed by atoms with van der Waals surface area (Å²) in [7, 11) is 0. The van der Waals surface area contributed by atoms with E-state index in [9.17, 15) is 4.79 Å². The van der Waals surface area contributed by atoms with Crippen molar-refractivity contribution in [3.63, 3.8) is 0 Å².